The van der Waals surface area contributed by atoms with E-state index in [4.69, 9.17) is 15.2 Å². The summed E-state index contributed by atoms with van der Waals surface area (Å²) in [6, 6.07) is 7.58. The number of ether oxygens (including phenoxy) is 2. The van der Waals surface area contributed by atoms with Gasteiger partial charge in [-0.25, -0.2) is 4.98 Å². The molecule has 0 aliphatic heterocycles. The molecule has 2 aromatic heterocycles. The minimum atomic E-state index is 0.377. The maximum Gasteiger partial charge on any atom is 0.217 e. The highest BCUT2D eigenvalue weighted by atomic mass is 31.0. The van der Waals surface area contributed by atoms with E-state index in [0.717, 1.165) is 36.9 Å². The third-order valence-corrected chi connectivity index (χ3v) is 3.84. The van der Waals surface area contributed by atoms with Gasteiger partial charge in [-0.05, 0) is 24.2 Å². The van der Waals surface area contributed by atoms with Crippen LogP contribution in [0.1, 0.15) is 26.7 Å². The van der Waals surface area contributed by atoms with Crippen molar-refractivity contribution >= 4 is 26.0 Å². The number of hydrogen-bond acceptors (Lipinski definition) is 6. The lowest BCUT2D eigenvalue weighted by atomic mass is 10.3. The summed E-state index contributed by atoms with van der Waals surface area (Å²) < 4.78 is 11.3. The molecule has 1 atom stereocenters. The first-order chi connectivity index (χ1) is 12.1. The lowest BCUT2D eigenvalue weighted by Crippen LogP contribution is -2.25. The van der Waals surface area contributed by atoms with Gasteiger partial charge < -0.3 is 20.1 Å². The van der Waals surface area contributed by atoms with Crippen LogP contribution in [0.3, 0.4) is 0 Å². The molecule has 0 saturated heterocycles. The Morgan fingerprint density at radius 1 is 1.04 bits per heavy atom. The number of aromatic nitrogens is 2. The molecule has 136 valence electrons. The van der Waals surface area contributed by atoms with E-state index in [1.807, 2.05) is 24.3 Å². The first kappa shape index (κ1) is 19.3. The van der Waals surface area contributed by atoms with Crippen molar-refractivity contribution in [3.8, 4) is 11.8 Å². The van der Waals surface area contributed by atoms with E-state index in [1.165, 1.54) is 0 Å². The molecule has 0 saturated carbocycles. The second-order valence-electron chi connectivity index (χ2n) is 5.70. The smallest absolute Gasteiger partial charge is 0.217 e. The highest BCUT2D eigenvalue weighted by Crippen LogP contribution is 2.23. The molecule has 2 N–H and O–H groups in total. The minimum absolute atomic E-state index is 0.377. The van der Waals surface area contributed by atoms with Crippen molar-refractivity contribution in [2.24, 2.45) is 0 Å². The van der Waals surface area contributed by atoms with E-state index in [0.29, 0.717) is 30.8 Å². The van der Waals surface area contributed by atoms with Crippen molar-refractivity contribution in [1.82, 2.24) is 9.97 Å². The molecule has 2 aromatic rings. The predicted octanol–water partition coefficient (Wildman–Crippen LogP) is 2.64. The van der Waals surface area contributed by atoms with Gasteiger partial charge in [0.05, 0.1) is 0 Å². The third kappa shape index (κ3) is 6.39. The van der Waals surface area contributed by atoms with Crippen molar-refractivity contribution in [1.29, 1.82) is 0 Å². The SMILES string of the molecule is CCCN(CCC)c1cc(N)nc(OCCOc2ccc(P)cn2)c1. The predicted molar refractivity (Wildman–Crippen MR) is 106 cm³/mol. The molecule has 0 fully saturated rings. The summed E-state index contributed by atoms with van der Waals surface area (Å²) in [5.41, 5.74) is 6.98. The normalized spacial score (nSPS) is 10.5. The monoisotopic (exact) mass is 362 g/mol. The number of nitrogen functional groups attached to an aromatic ring is 1. The number of rotatable bonds is 10. The zero-order chi connectivity index (χ0) is 18.1. The van der Waals surface area contributed by atoms with Crippen LogP contribution in [0.2, 0.25) is 0 Å². The zero-order valence-electron chi connectivity index (χ0n) is 14.9. The fourth-order valence-corrected chi connectivity index (χ4v) is 2.62. The largest absolute Gasteiger partial charge is 0.474 e. The molecule has 0 radical (unpaired) electrons. The van der Waals surface area contributed by atoms with Gasteiger partial charge in [0.25, 0.3) is 0 Å². The van der Waals surface area contributed by atoms with Gasteiger partial charge in [0.1, 0.15) is 19.0 Å². The molecule has 6 nitrogen and oxygen atoms in total. The highest BCUT2D eigenvalue weighted by molar-refractivity contribution is 7.27. The van der Waals surface area contributed by atoms with E-state index in [9.17, 15) is 0 Å². The Bertz CT molecular complexity index is 646. The molecular weight excluding hydrogens is 335 g/mol. The van der Waals surface area contributed by atoms with Gasteiger partial charge in [-0.1, -0.05) is 13.8 Å². The zero-order valence-corrected chi connectivity index (χ0v) is 16.1. The van der Waals surface area contributed by atoms with Crippen molar-refractivity contribution in [3.05, 3.63) is 30.5 Å². The van der Waals surface area contributed by atoms with E-state index >= 15 is 0 Å². The topological polar surface area (TPSA) is 73.5 Å². The van der Waals surface area contributed by atoms with Crippen LogP contribution in [0.15, 0.2) is 30.5 Å². The molecule has 0 aliphatic carbocycles. The Balaban J connectivity index is 1.91. The van der Waals surface area contributed by atoms with Gasteiger partial charge in [0.2, 0.25) is 11.8 Å². The van der Waals surface area contributed by atoms with E-state index < -0.39 is 0 Å². The fourth-order valence-electron chi connectivity index (χ4n) is 2.45. The molecule has 0 aromatic carbocycles. The summed E-state index contributed by atoms with van der Waals surface area (Å²) in [6.45, 7) is 7.07. The van der Waals surface area contributed by atoms with Gasteiger partial charge in [-0.3, -0.25) is 0 Å². The van der Waals surface area contributed by atoms with Gasteiger partial charge in [0.15, 0.2) is 0 Å². The van der Waals surface area contributed by atoms with Crippen molar-refractivity contribution in [3.63, 3.8) is 0 Å². The van der Waals surface area contributed by atoms with Crippen LogP contribution in [-0.4, -0.2) is 36.3 Å². The summed E-state index contributed by atoms with van der Waals surface area (Å²) in [5.74, 6) is 1.56. The molecule has 2 heterocycles. The first-order valence-corrected chi connectivity index (χ1v) is 9.19. The summed E-state index contributed by atoms with van der Waals surface area (Å²) >= 11 is 0. The Hall–Kier alpha value is -2.07. The Morgan fingerprint density at radius 3 is 2.32 bits per heavy atom. The average molecular weight is 362 g/mol. The second-order valence-corrected chi connectivity index (χ2v) is 6.37. The van der Waals surface area contributed by atoms with E-state index in [-0.39, 0.29) is 0 Å². The molecule has 0 spiro atoms. The molecule has 0 amide bonds. The van der Waals surface area contributed by atoms with Crippen molar-refractivity contribution in [2.75, 3.05) is 36.9 Å². The minimum Gasteiger partial charge on any atom is -0.474 e. The third-order valence-electron chi connectivity index (χ3n) is 3.50. The molecule has 0 bridgehead atoms. The molecule has 1 unspecified atom stereocenters. The van der Waals surface area contributed by atoms with Gasteiger partial charge in [-0.15, -0.1) is 9.24 Å². The van der Waals surface area contributed by atoms with Crippen LogP contribution >= 0.6 is 9.24 Å². The summed E-state index contributed by atoms with van der Waals surface area (Å²) in [4.78, 5) is 10.7. The van der Waals surface area contributed by atoms with Crippen molar-refractivity contribution < 1.29 is 9.47 Å². The first-order valence-electron chi connectivity index (χ1n) is 8.62. The molecular formula is C18H27N4O2P. The number of anilines is 2. The van der Waals surface area contributed by atoms with Crippen LogP contribution in [0.25, 0.3) is 0 Å². The van der Waals surface area contributed by atoms with E-state index in [2.05, 4.69) is 38.0 Å². The lowest BCUT2D eigenvalue weighted by molar-refractivity contribution is 0.207. The fraction of sp³-hybridized carbons (Fsp3) is 0.444. The lowest BCUT2D eigenvalue weighted by Gasteiger charge is -2.24. The summed E-state index contributed by atoms with van der Waals surface area (Å²) in [6.07, 6.45) is 3.89. The quantitative estimate of drug-likeness (QED) is 0.517. The number of hydrogen-bond donors (Lipinski definition) is 1. The van der Waals surface area contributed by atoms with Crippen LogP contribution in [-0.2, 0) is 0 Å². The van der Waals surface area contributed by atoms with Gasteiger partial charge >= 0.3 is 0 Å². The van der Waals surface area contributed by atoms with Crippen LogP contribution in [0, 0.1) is 0 Å². The molecule has 7 heteroatoms. The summed E-state index contributed by atoms with van der Waals surface area (Å²) in [5, 5.41) is 1.02. The standard InChI is InChI=1S/C18H27N4O2P/c1-3-7-22(8-4-2)14-11-16(19)21-18(12-14)24-10-9-23-17-6-5-15(25)13-20-17/h5-6,11-13H,3-4,7-10,25H2,1-2H3,(H2,19,21). The maximum absolute atomic E-state index is 5.94. The molecule has 2 rings (SSSR count). The van der Waals surface area contributed by atoms with E-state index in [1.54, 1.807) is 6.20 Å². The Labute approximate surface area is 152 Å². The van der Waals surface area contributed by atoms with Crippen LogP contribution < -0.4 is 25.4 Å². The van der Waals surface area contributed by atoms with Gasteiger partial charge in [-0.2, -0.15) is 4.98 Å². The number of nitrogens with two attached hydrogens (primary N) is 1. The summed E-state index contributed by atoms with van der Waals surface area (Å²) in [7, 11) is 2.59. The van der Waals surface area contributed by atoms with Crippen molar-refractivity contribution in [2.45, 2.75) is 26.7 Å². The average Bonchev–Trinajstić information content (AvgIpc) is 2.59. The van der Waals surface area contributed by atoms with Crippen LogP contribution in [0.5, 0.6) is 11.8 Å². The van der Waals surface area contributed by atoms with Gasteiger partial charge in [0, 0.05) is 43.2 Å². The highest BCUT2D eigenvalue weighted by Gasteiger charge is 2.09. The Kier molecular flexibility index (Phi) is 7.74. The number of pyridine rings is 2. The molecule has 25 heavy (non-hydrogen) atoms. The second kappa shape index (κ2) is 10.0. The Morgan fingerprint density at radius 2 is 1.72 bits per heavy atom. The maximum atomic E-state index is 5.94. The number of nitrogens with zero attached hydrogens (tertiary/aromatic N) is 3. The van der Waals surface area contributed by atoms with Crippen LogP contribution in [0.4, 0.5) is 11.5 Å². The molecule has 0 aliphatic rings.